The lowest BCUT2D eigenvalue weighted by Crippen LogP contribution is -2.20. The Kier molecular flexibility index (Phi) is 4.50. The smallest absolute Gasteiger partial charge is 0.162 e. The normalized spacial score (nSPS) is 15.0. The molecule has 0 aliphatic carbocycles. The molecule has 0 N–H and O–H groups in total. The molecular weight excluding hydrogens is 310 g/mol. The fourth-order valence-corrected chi connectivity index (χ4v) is 2.82. The fourth-order valence-electron chi connectivity index (χ4n) is 2.70. The maximum Gasteiger partial charge on any atom is 0.162 e. The summed E-state index contributed by atoms with van der Waals surface area (Å²) in [4.78, 5) is 0. The van der Waals surface area contributed by atoms with Crippen molar-refractivity contribution in [3.8, 4) is 11.8 Å². The van der Waals surface area contributed by atoms with Gasteiger partial charge in [-0.2, -0.15) is 10.4 Å². The minimum Gasteiger partial charge on any atom is -0.496 e. The fraction of sp³-hybridized carbons (Fsp3) is 0.222. The van der Waals surface area contributed by atoms with Crippen LogP contribution in [0.4, 0.5) is 0 Å². The van der Waals surface area contributed by atoms with Gasteiger partial charge in [-0.05, 0) is 23.8 Å². The molecule has 5 heteroatoms. The number of methoxy groups -OCH3 is 1. The van der Waals surface area contributed by atoms with Gasteiger partial charge in [0.15, 0.2) is 6.04 Å². The van der Waals surface area contributed by atoms with Gasteiger partial charge in [0.2, 0.25) is 0 Å². The standard InChI is InChI=1S/C18H16ClN3O/c1-23-18-5-3-2-4-15(18)17(12-20)22-11-10-16(21-22)13-6-8-14(19)9-7-13/h2-9,17H,10-11H2,1H3/t17-/m1/s1. The van der Waals surface area contributed by atoms with E-state index >= 15 is 0 Å². The van der Waals surface area contributed by atoms with Crippen molar-refractivity contribution in [1.82, 2.24) is 5.01 Å². The van der Waals surface area contributed by atoms with Crippen LogP contribution in [0.15, 0.2) is 53.6 Å². The van der Waals surface area contributed by atoms with Gasteiger partial charge in [0.1, 0.15) is 5.75 Å². The highest BCUT2D eigenvalue weighted by molar-refractivity contribution is 6.30. The molecule has 0 fully saturated rings. The molecule has 3 rings (SSSR count). The molecule has 1 heterocycles. The topological polar surface area (TPSA) is 48.6 Å². The van der Waals surface area contributed by atoms with Crippen molar-refractivity contribution in [3.05, 3.63) is 64.7 Å². The number of rotatable bonds is 4. The number of nitriles is 1. The van der Waals surface area contributed by atoms with E-state index in [1.54, 1.807) is 7.11 Å². The molecule has 23 heavy (non-hydrogen) atoms. The number of nitrogens with zero attached hydrogens (tertiary/aromatic N) is 3. The van der Waals surface area contributed by atoms with Gasteiger partial charge in [-0.3, -0.25) is 5.01 Å². The molecule has 0 radical (unpaired) electrons. The summed E-state index contributed by atoms with van der Waals surface area (Å²) in [5.41, 5.74) is 2.84. The second-order valence-electron chi connectivity index (χ2n) is 5.24. The van der Waals surface area contributed by atoms with Crippen LogP contribution in [0.2, 0.25) is 5.02 Å². The van der Waals surface area contributed by atoms with E-state index in [1.165, 1.54) is 0 Å². The molecule has 0 saturated heterocycles. The second kappa shape index (κ2) is 6.72. The summed E-state index contributed by atoms with van der Waals surface area (Å²) in [7, 11) is 1.61. The minimum absolute atomic E-state index is 0.462. The maximum atomic E-state index is 9.62. The Morgan fingerprint density at radius 2 is 1.96 bits per heavy atom. The largest absolute Gasteiger partial charge is 0.496 e. The van der Waals surface area contributed by atoms with Crippen molar-refractivity contribution in [2.75, 3.05) is 13.7 Å². The van der Waals surface area contributed by atoms with Crippen molar-refractivity contribution < 1.29 is 4.74 Å². The first-order valence-corrected chi connectivity index (χ1v) is 7.73. The van der Waals surface area contributed by atoms with Gasteiger partial charge in [-0.1, -0.05) is 41.9 Å². The first-order chi connectivity index (χ1) is 11.2. The van der Waals surface area contributed by atoms with E-state index < -0.39 is 6.04 Å². The maximum absolute atomic E-state index is 9.62. The van der Waals surface area contributed by atoms with E-state index in [0.717, 1.165) is 23.3 Å². The SMILES string of the molecule is COc1ccccc1[C@@H](C#N)N1CCC(c2ccc(Cl)cc2)=N1. The number of hydrogen-bond acceptors (Lipinski definition) is 4. The lowest BCUT2D eigenvalue weighted by Gasteiger charge is -2.21. The van der Waals surface area contributed by atoms with Crippen LogP contribution in [0.1, 0.15) is 23.6 Å². The van der Waals surface area contributed by atoms with Crippen LogP contribution < -0.4 is 4.74 Å². The van der Waals surface area contributed by atoms with E-state index in [4.69, 9.17) is 16.3 Å². The number of hydrogen-bond donors (Lipinski definition) is 0. The van der Waals surface area contributed by atoms with E-state index in [2.05, 4.69) is 11.2 Å². The summed E-state index contributed by atoms with van der Waals surface area (Å²) >= 11 is 5.93. The Balaban J connectivity index is 1.89. The zero-order chi connectivity index (χ0) is 16.2. The first kappa shape index (κ1) is 15.4. The van der Waals surface area contributed by atoms with Crippen molar-refractivity contribution in [3.63, 3.8) is 0 Å². The molecule has 2 aromatic rings. The molecule has 0 aromatic heterocycles. The predicted octanol–water partition coefficient (Wildman–Crippen LogP) is 4.02. The monoisotopic (exact) mass is 325 g/mol. The van der Waals surface area contributed by atoms with Crippen molar-refractivity contribution in [2.24, 2.45) is 5.10 Å². The van der Waals surface area contributed by atoms with Gasteiger partial charge in [-0.25, -0.2) is 0 Å². The third-order valence-corrected chi connectivity index (χ3v) is 4.11. The van der Waals surface area contributed by atoms with Crippen molar-refractivity contribution in [2.45, 2.75) is 12.5 Å². The Hall–Kier alpha value is -2.51. The van der Waals surface area contributed by atoms with Crippen LogP contribution in [0.25, 0.3) is 0 Å². The third kappa shape index (κ3) is 3.15. The number of ether oxygens (including phenoxy) is 1. The van der Waals surface area contributed by atoms with Gasteiger partial charge >= 0.3 is 0 Å². The molecule has 0 amide bonds. The highest BCUT2D eigenvalue weighted by Crippen LogP contribution is 2.31. The Morgan fingerprint density at radius 1 is 1.22 bits per heavy atom. The average Bonchev–Trinajstić information content (AvgIpc) is 3.06. The van der Waals surface area contributed by atoms with Crippen LogP contribution in [0.3, 0.4) is 0 Å². The zero-order valence-corrected chi connectivity index (χ0v) is 13.5. The number of hydrazone groups is 1. The molecule has 116 valence electrons. The van der Waals surface area contributed by atoms with Crippen molar-refractivity contribution in [1.29, 1.82) is 5.26 Å². The molecule has 0 unspecified atom stereocenters. The van der Waals surface area contributed by atoms with Crippen LogP contribution in [0.5, 0.6) is 5.75 Å². The summed E-state index contributed by atoms with van der Waals surface area (Å²) in [5, 5.41) is 16.8. The summed E-state index contributed by atoms with van der Waals surface area (Å²) in [6.45, 7) is 0.703. The van der Waals surface area contributed by atoms with Gasteiger partial charge in [0.05, 0.1) is 18.9 Å². The van der Waals surface area contributed by atoms with E-state index in [0.29, 0.717) is 17.3 Å². The average molecular weight is 326 g/mol. The molecule has 1 aliphatic rings. The number of para-hydroxylation sites is 1. The first-order valence-electron chi connectivity index (χ1n) is 7.35. The Morgan fingerprint density at radius 3 is 2.65 bits per heavy atom. The van der Waals surface area contributed by atoms with Crippen LogP contribution in [-0.4, -0.2) is 24.4 Å². The lowest BCUT2D eigenvalue weighted by atomic mass is 10.1. The molecule has 0 spiro atoms. The zero-order valence-electron chi connectivity index (χ0n) is 12.7. The summed E-state index contributed by atoms with van der Waals surface area (Å²) in [6, 6.07) is 17.0. The van der Waals surface area contributed by atoms with Crippen LogP contribution >= 0.6 is 11.6 Å². The van der Waals surface area contributed by atoms with E-state index in [1.807, 2.05) is 53.5 Å². The van der Waals surface area contributed by atoms with Crippen LogP contribution in [0, 0.1) is 11.3 Å². The van der Waals surface area contributed by atoms with Crippen molar-refractivity contribution >= 4 is 17.3 Å². The molecule has 0 bridgehead atoms. The Labute approximate surface area is 140 Å². The quantitative estimate of drug-likeness (QED) is 0.853. The Bertz CT molecular complexity index is 765. The highest BCUT2D eigenvalue weighted by atomic mass is 35.5. The minimum atomic E-state index is -0.462. The number of benzene rings is 2. The number of halogens is 1. The summed E-state index contributed by atoms with van der Waals surface area (Å²) < 4.78 is 5.37. The van der Waals surface area contributed by atoms with Crippen LogP contribution in [-0.2, 0) is 0 Å². The molecule has 4 nitrogen and oxygen atoms in total. The van der Waals surface area contributed by atoms with Gasteiger partial charge in [0, 0.05) is 23.6 Å². The molecular formula is C18H16ClN3O. The van der Waals surface area contributed by atoms with Gasteiger partial charge in [-0.15, -0.1) is 0 Å². The van der Waals surface area contributed by atoms with Gasteiger partial charge < -0.3 is 4.74 Å². The summed E-state index contributed by atoms with van der Waals surface area (Å²) in [6.07, 6.45) is 0.801. The third-order valence-electron chi connectivity index (χ3n) is 3.86. The molecule has 1 aliphatic heterocycles. The van der Waals surface area contributed by atoms with Gasteiger partial charge in [0.25, 0.3) is 0 Å². The molecule has 1 atom stereocenters. The molecule has 2 aromatic carbocycles. The lowest BCUT2D eigenvalue weighted by molar-refractivity contribution is 0.268. The van der Waals surface area contributed by atoms with E-state index in [9.17, 15) is 5.26 Å². The summed E-state index contributed by atoms with van der Waals surface area (Å²) in [5.74, 6) is 0.703. The van der Waals surface area contributed by atoms with E-state index in [-0.39, 0.29) is 0 Å². The highest BCUT2D eigenvalue weighted by Gasteiger charge is 2.26. The molecule has 0 saturated carbocycles. The predicted molar refractivity (Wildman–Crippen MR) is 90.7 cm³/mol. The second-order valence-corrected chi connectivity index (χ2v) is 5.68.